The molecule has 20 heavy (non-hydrogen) atoms. The van der Waals surface area contributed by atoms with Crippen LogP contribution in [0.15, 0.2) is 18.2 Å². The molecule has 1 N–H and O–H groups in total. The molecule has 1 heterocycles. The van der Waals surface area contributed by atoms with E-state index in [1.807, 2.05) is 0 Å². The molecule has 1 aromatic carbocycles. The van der Waals surface area contributed by atoms with E-state index >= 15 is 0 Å². The number of carbonyl (C=O) groups is 2. The van der Waals surface area contributed by atoms with Crippen molar-refractivity contribution in [1.82, 2.24) is 4.90 Å². The maximum atomic E-state index is 13.5. The number of carboxylic acid groups (broad SMARTS) is 1. The summed E-state index contributed by atoms with van der Waals surface area (Å²) in [6.07, 6.45) is 0.119. The molecule has 0 saturated carbocycles. The Balaban J connectivity index is 2.09. The summed E-state index contributed by atoms with van der Waals surface area (Å²) in [5.74, 6) is -3.17. The molecule has 2 atom stereocenters. The summed E-state index contributed by atoms with van der Waals surface area (Å²) in [4.78, 5) is 24.5. The molecule has 2 rings (SSSR count). The van der Waals surface area contributed by atoms with Crippen LogP contribution in [0.5, 0.6) is 0 Å². The third-order valence-electron chi connectivity index (χ3n) is 3.74. The molecule has 1 aliphatic rings. The Morgan fingerprint density at radius 1 is 1.40 bits per heavy atom. The van der Waals surface area contributed by atoms with Gasteiger partial charge in [0.15, 0.2) is 0 Å². The number of aliphatic carboxylic acids is 1. The van der Waals surface area contributed by atoms with Crippen LogP contribution >= 0.6 is 0 Å². The van der Waals surface area contributed by atoms with Crippen LogP contribution in [0, 0.1) is 17.6 Å². The zero-order chi connectivity index (χ0) is 14.9. The fraction of sp³-hybridized carbons (Fsp3) is 0.429. The first-order valence-electron chi connectivity index (χ1n) is 6.36. The number of rotatable bonds is 3. The quantitative estimate of drug-likeness (QED) is 0.920. The smallest absolute Gasteiger partial charge is 0.308 e. The molecule has 4 nitrogen and oxygen atoms in total. The van der Waals surface area contributed by atoms with Crippen molar-refractivity contribution in [3.8, 4) is 0 Å². The van der Waals surface area contributed by atoms with Crippen LogP contribution in [-0.2, 0) is 16.0 Å². The third kappa shape index (κ3) is 2.79. The summed E-state index contributed by atoms with van der Waals surface area (Å²) in [5.41, 5.74) is -0.0130. The van der Waals surface area contributed by atoms with E-state index in [4.69, 9.17) is 5.11 Å². The fourth-order valence-corrected chi connectivity index (χ4v) is 2.57. The minimum Gasteiger partial charge on any atom is -0.481 e. The highest BCUT2D eigenvalue weighted by Crippen LogP contribution is 2.25. The number of amides is 1. The van der Waals surface area contributed by atoms with Gasteiger partial charge < -0.3 is 10.0 Å². The minimum absolute atomic E-state index is 0.0130. The molecule has 1 amide bonds. The van der Waals surface area contributed by atoms with Gasteiger partial charge in [0.05, 0.1) is 12.3 Å². The van der Waals surface area contributed by atoms with Crippen molar-refractivity contribution in [2.45, 2.75) is 25.8 Å². The molecule has 0 aromatic heterocycles. The van der Waals surface area contributed by atoms with Gasteiger partial charge in [-0.25, -0.2) is 8.78 Å². The summed E-state index contributed by atoms with van der Waals surface area (Å²) < 4.78 is 26.5. The third-order valence-corrected chi connectivity index (χ3v) is 3.74. The highest BCUT2D eigenvalue weighted by Gasteiger charge is 2.37. The second-order valence-corrected chi connectivity index (χ2v) is 4.97. The Morgan fingerprint density at radius 3 is 2.70 bits per heavy atom. The number of likely N-dealkylation sites (tertiary alicyclic amines) is 1. The SMILES string of the molecule is CC1C(C(=O)O)CCN1C(=O)Cc1cc(F)ccc1F. The van der Waals surface area contributed by atoms with Gasteiger partial charge in [0.2, 0.25) is 5.91 Å². The Labute approximate surface area is 115 Å². The zero-order valence-corrected chi connectivity index (χ0v) is 11.0. The van der Waals surface area contributed by atoms with Crippen LogP contribution in [0.2, 0.25) is 0 Å². The molecule has 0 radical (unpaired) electrons. The average molecular weight is 283 g/mol. The summed E-state index contributed by atoms with van der Waals surface area (Å²) in [7, 11) is 0. The molecule has 0 spiro atoms. The van der Waals surface area contributed by atoms with Gasteiger partial charge in [0.1, 0.15) is 11.6 Å². The first kappa shape index (κ1) is 14.4. The van der Waals surface area contributed by atoms with Crippen LogP contribution in [0.25, 0.3) is 0 Å². The molecule has 1 aromatic rings. The Morgan fingerprint density at radius 2 is 2.10 bits per heavy atom. The van der Waals surface area contributed by atoms with E-state index in [0.717, 1.165) is 18.2 Å². The predicted octanol–water partition coefficient (Wildman–Crippen LogP) is 1.83. The second-order valence-electron chi connectivity index (χ2n) is 4.97. The highest BCUT2D eigenvalue weighted by molar-refractivity contribution is 5.81. The second kappa shape index (κ2) is 5.56. The van der Waals surface area contributed by atoms with Gasteiger partial charge in [-0.15, -0.1) is 0 Å². The van der Waals surface area contributed by atoms with E-state index in [1.54, 1.807) is 6.92 Å². The Bertz CT molecular complexity index is 547. The van der Waals surface area contributed by atoms with Crippen molar-refractivity contribution in [2.24, 2.45) is 5.92 Å². The predicted molar refractivity (Wildman–Crippen MR) is 67.0 cm³/mol. The normalized spacial score (nSPS) is 22.1. The largest absolute Gasteiger partial charge is 0.481 e. The van der Waals surface area contributed by atoms with Crippen LogP contribution in [0.4, 0.5) is 8.78 Å². The van der Waals surface area contributed by atoms with Crippen LogP contribution in [0.1, 0.15) is 18.9 Å². The molecule has 1 saturated heterocycles. The Hall–Kier alpha value is -1.98. The lowest BCUT2D eigenvalue weighted by molar-refractivity contribution is -0.143. The van der Waals surface area contributed by atoms with E-state index in [0.29, 0.717) is 13.0 Å². The molecule has 2 unspecified atom stereocenters. The number of nitrogens with zero attached hydrogens (tertiary/aromatic N) is 1. The lowest BCUT2D eigenvalue weighted by Gasteiger charge is -2.23. The molecule has 1 aliphatic heterocycles. The lowest BCUT2D eigenvalue weighted by atomic mass is 10.0. The lowest BCUT2D eigenvalue weighted by Crippen LogP contribution is -2.38. The van der Waals surface area contributed by atoms with Crippen molar-refractivity contribution >= 4 is 11.9 Å². The molecule has 6 heteroatoms. The van der Waals surface area contributed by atoms with Crippen LogP contribution in [-0.4, -0.2) is 34.5 Å². The van der Waals surface area contributed by atoms with Gasteiger partial charge in [-0.2, -0.15) is 0 Å². The zero-order valence-electron chi connectivity index (χ0n) is 11.0. The monoisotopic (exact) mass is 283 g/mol. The molecule has 108 valence electrons. The number of benzene rings is 1. The molecule has 0 aliphatic carbocycles. The van der Waals surface area contributed by atoms with E-state index in [2.05, 4.69) is 0 Å². The summed E-state index contributed by atoms with van der Waals surface area (Å²) in [6, 6.07) is 2.52. The maximum Gasteiger partial charge on any atom is 0.308 e. The van der Waals surface area contributed by atoms with Gasteiger partial charge in [-0.05, 0) is 31.5 Å². The summed E-state index contributed by atoms with van der Waals surface area (Å²) >= 11 is 0. The Kier molecular flexibility index (Phi) is 4.01. The van der Waals surface area contributed by atoms with Gasteiger partial charge in [0, 0.05) is 18.2 Å². The van der Waals surface area contributed by atoms with Gasteiger partial charge in [-0.1, -0.05) is 0 Å². The minimum atomic E-state index is -0.940. The maximum absolute atomic E-state index is 13.5. The first-order chi connectivity index (χ1) is 9.40. The summed E-state index contributed by atoms with van der Waals surface area (Å²) in [5, 5.41) is 9.01. The van der Waals surface area contributed by atoms with Gasteiger partial charge in [-0.3, -0.25) is 9.59 Å². The van der Waals surface area contributed by atoms with Crippen molar-refractivity contribution in [3.63, 3.8) is 0 Å². The van der Waals surface area contributed by atoms with Crippen LogP contribution in [0.3, 0.4) is 0 Å². The van der Waals surface area contributed by atoms with E-state index in [9.17, 15) is 18.4 Å². The van der Waals surface area contributed by atoms with Gasteiger partial charge in [0.25, 0.3) is 0 Å². The topological polar surface area (TPSA) is 57.6 Å². The first-order valence-corrected chi connectivity index (χ1v) is 6.36. The number of carbonyl (C=O) groups excluding carboxylic acids is 1. The highest BCUT2D eigenvalue weighted by atomic mass is 19.1. The van der Waals surface area contributed by atoms with Crippen molar-refractivity contribution in [2.75, 3.05) is 6.54 Å². The van der Waals surface area contributed by atoms with E-state index in [-0.39, 0.29) is 17.9 Å². The number of hydrogen-bond acceptors (Lipinski definition) is 2. The standard InChI is InChI=1S/C14H15F2NO3/c1-8-11(14(19)20)4-5-17(8)13(18)7-9-6-10(15)2-3-12(9)16/h2-3,6,8,11H,4-5,7H2,1H3,(H,19,20). The summed E-state index contributed by atoms with van der Waals surface area (Å²) in [6.45, 7) is 1.99. The van der Waals surface area contributed by atoms with Crippen molar-refractivity contribution in [3.05, 3.63) is 35.4 Å². The van der Waals surface area contributed by atoms with E-state index < -0.39 is 29.6 Å². The fourth-order valence-electron chi connectivity index (χ4n) is 2.57. The average Bonchev–Trinajstić information content (AvgIpc) is 2.76. The molecular weight excluding hydrogens is 268 g/mol. The van der Waals surface area contributed by atoms with Crippen molar-refractivity contribution in [1.29, 1.82) is 0 Å². The van der Waals surface area contributed by atoms with E-state index in [1.165, 1.54) is 4.90 Å². The number of hydrogen-bond donors (Lipinski definition) is 1. The molecule has 1 fully saturated rings. The molecule has 0 bridgehead atoms. The van der Waals surface area contributed by atoms with Crippen molar-refractivity contribution < 1.29 is 23.5 Å². The molecular formula is C14H15F2NO3. The van der Waals surface area contributed by atoms with Gasteiger partial charge >= 0.3 is 5.97 Å². The number of halogens is 2. The number of carboxylic acids is 1. The van der Waals surface area contributed by atoms with Crippen LogP contribution < -0.4 is 0 Å².